The van der Waals surface area contributed by atoms with Crippen LogP contribution in [0.3, 0.4) is 0 Å². The number of imidazole rings is 1. The number of aromatic nitrogens is 4. The fraction of sp³-hybridized carbons (Fsp3) is 0.385. The SMILES string of the molecule is Cc1ccc(-c2nc3c(C)cccn3c2CC(=O)Nc2nnc(C3CCCCC3)s2)cc1C. The minimum Gasteiger partial charge on any atom is -0.303 e. The van der Waals surface area contributed by atoms with Gasteiger partial charge in [0.1, 0.15) is 10.7 Å². The first kappa shape index (κ1) is 21.8. The Bertz CT molecular complexity index is 1320. The molecular formula is C26H29N5OS. The van der Waals surface area contributed by atoms with Crippen LogP contribution in [0.5, 0.6) is 0 Å². The van der Waals surface area contributed by atoms with E-state index in [0.29, 0.717) is 11.0 Å². The number of carbonyl (C=O) groups is 1. The Hall–Kier alpha value is -3.06. The average Bonchev–Trinajstić information content (AvgIpc) is 3.42. The highest BCUT2D eigenvalue weighted by Gasteiger charge is 2.22. The highest BCUT2D eigenvalue weighted by atomic mass is 32.1. The van der Waals surface area contributed by atoms with Crippen molar-refractivity contribution >= 4 is 28.0 Å². The fourth-order valence-electron chi connectivity index (χ4n) is 4.66. The molecule has 0 aliphatic heterocycles. The van der Waals surface area contributed by atoms with Gasteiger partial charge in [-0.25, -0.2) is 4.98 Å². The predicted molar refractivity (Wildman–Crippen MR) is 133 cm³/mol. The van der Waals surface area contributed by atoms with Gasteiger partial charge >= 0.3 is 0 Å². The van der Waals surface area contributed by atoms with E-state index in [2.05, 4.69) is 47.6 Å². The van der Waals surface area contributed by atoms with E-state index in [1.807, 2.05) is 29.7 Å². The van der Waals surface area contributed by atoms with Crippen molar-refractivity contribution in [2.75, 3.05) is 5.32 Å². The normalized spacial score (nSPS) is 14.6. The van der Waals surface area contributed by atoms with Crippen LogP contribution in [0, 0.1) is 20.8 Å². The van der Waals surface area contributed by atoms with E-state index in [9.17, 15) is 4.79 Å². The summed E-state index contributed by atoms with van der Waals surface area (Å²) < 4.78 is 2.03. The van der Waals surface area contributed by atoms with Crippen molar-refractivity contribution in [3.05, 3.63) is 63.9 Å². The summed E-state index contributed by atoms with van der Waals surface area (Å²) in [5.74, 6) is 0.384. The highest BCUT2D eigenvalue weighted by molar-refractivity contribution is 7.15. The quantitative estimate of drug-likeness (QED) is 0.397. The lowest BCUT2D eigenvalue weighted by molar-refractivity contribution is -0.115. The first-order valence-corrected chi connectivity index (χ1v) is 12.5. The molecule has 0 bridgehead atoms. The van der Waals surface area contributed by atoms with Gasteiger partial charge in [0.05, 0.1) is 17.8 Å². The van der Waals surface area contributed by atoms with Crippen molar-refractivity contribution in [3.63, 3.8) is 0 Å². The monoisotopic (exact) mass is 459 g/mol. The second-order valence-electron chi connectivity index (χ2n) is 9.10. The molecule has 1 aromatic carbocycles. The third kappa shape index (κ3) is 4.42. The van der Waals surface area contributed by atoms with Crippen LogP contribution in [-0.2, 0) is 11.2 Å². The number of hydrogen-bond donors (Lipinski definition) is 1. The molecule has 3 aromatic heterocycles. The molecule has 170 valence electrons. The summed E-state index contributed by atoms with van der Waals surface area (Å²) in [5, 5.41) is 13.2. The molecule has 33 heavy (non-hydrogen) atoms. The molecule has 1 saturated carbocycles. The van der Waals surface area contributed by atoms with Gasteiger partial charge in [-0.05, 0) is 62.4 Å². The summed E-state index contributed by atoms with van der Waals surface area (Å²) in [6.07, 6.45) is 8.34. The van der Waals surface area contributed by atoms with Crippen molar-refractivity contribution in [1.29, 1.82) is 0 Å². The molecule has 0 atom stereocenters. The van der Waals surface area contributed by atoms with Crippen LogP contribution in [-0.4, -0.2) is 25.5 Å². The van der Waals surface area contributed by atoms with E-state index in [4.69, 9.17) is 4.98 Å². The van der Waals surface area contributed by atoms with Gasteiger partial charge in [0, 0.05) is 17.7 Å². The van der Waals surface area contributed by atoms with E-state index in [1.165, 1.54) is 54.6 Å². The van der Waals surface area contributed by atoms with Crippen molar-refractivity contribution in [1.82, 2.24) is 19.6 Å². The molecule has 0 radical (unpaired) electrons. The van der Waals surface area contributed by atoms with E-state index >= 15 is 0 Å². The van der Waals surface area contributed by atoms with Crippen LogP contribution in [0.4, 0.5) is 5.13 Å². The van der Waals surface area contributed by atoms with Crippen LogP contribution in [0.2, 0.25) is 0 Å². The van der Waals surface area contributed by atoms with Gasteiger partial charge in [0.25, 0.3) is 0 Å². The van der Waals surface area contributed by atoms with E-state index in [-0.39, 0.29) is 12.3 Å². The number of aryl methyl sites for hydroxylation is 3. The number of carbonyl (C=O) groups excluding carboxylic acids is 1. The van der Waals surface area contributed by atoms with Crippen molar-refractivity contribution < 1.29 is 4.79 Å². The van der Waals surface area contributed by atoms with Gasteiger partial charge in [-0.3, -0.25) is 4.79 Å². The van der Waals surface area contributed by atoms with E-state index in [1.54, 1.807) is 0 Å². The molecule has 6 nitrogen and oxygen atoms in total. The van der Waals surface area contributed by atoms with Crippen LogP contribution in [0.25, 0.3) is 16.9 Å². The number of fused-ring (bicyclic) bond motifs is 1. The molecule has 1 aliphatic rings. The number of hydrogen-bond acceptors (Lipinski definition) is 5. The number of anilines is 1. The lowest BCUT2D eigenvalue weighted by Crippen LogP contribution is -2.16. The molecule has 0 unspecified atom stereocenters. The summed E-state index contributed by atoms with van der Waals surface area (Å²) in [4.78, 5) is 18.0. The lowest BCUT2D eigenvalue weighted by atomic mass is 9.90. The zero-order chi connectivity index (χ0) is 22.9. The summed E-state index contributed by atoms with van der Waals surface area (Å²) in [5.41, 5.74) is 7.16. The summed E-state index contributed by atoms with van der Waals surface area (Å²) in [6, 6.07) is 10.4. The van der Waals surface area contributed by atoms with Gasteiger partial charge in [0.15, 0.2) is 0 Å². The Morgan fingerprint density at radius 3 is 2.67 bits per heavy atom. The molecule has 0 spiro atoms. The number of amides is 1. The standard InChI is InChI=1S/C26H29N5OS/c1-16-11-12-20(14-18(16)3)23-21(31-13-7-8-17(2)24(31)28-23)15-22(32)27-26-30-29-25(33-26)19-9-5-4-6-10-19/h7-8,11-14,19H,4-6,9-10,15H2,1-3H3,(H,27,30,32). The molecule has 7 heteroatoms. The third-order valence-corrected chi connectivity index (χ3v) is 7.70. The maximum Gasteiger partial charge on any atom is 0.232 e. The van der Waals surface area contributed by atoms with Crippen molar-refractivity contribution in [3.8, 4) is 11.3 Å². The van der Waals surface area contributed by atoms with Gasteiger partial charge in [-0.1, -0.05) is 48.8 Å². The first-order chi connectivity index (χ1) is 16.0. The van der Waals surface area contributed by atoms with Gasteiger partial charge < -0.3 is 9.72 Å². The largest absolute Gasteiger partial charge is 0.303 e. The smallest absolute Gasteiger partial charge is 0.232 e. The highest BCUT2D eigenvalue weighted by Crippen LogP contribution is 2.35. The minimum absolute atomic E-state index is 0.102. The predicted octanol–water partition coefficient (Wildman–Crippen LogP) is 6.01. The lowest BCUT2D eigenvalue weighted by Gasteiger charge is -2.18. The van der Waals surface area contributed by atoms with E-state index in [0.717, 1.165) is 33.2 Å². The summed E-state index contributed by atoms with van der Waals surface area (Å²) in [7, 11) is 0. The maximum absolute atomic E-state index is 13.1. The number of benzene rings is 1. The molecule has 1 amide bonds. The summed E-state index contributed by atoms with van der Waals surface area (Å²) >= 11 is 1.51. The van der Waals surface area contributed by atoms with Crippen LogP contribution in [0.15, 0.2) is 36.5 Å². The number of nitrogens with one attached hydrogen (secondary N) is 1. The fourth-order valence-corrected chi connectivity index (χ4v) is 5.59. The first-order valence-electron chi connectivity index (χ1n) is 11.7. The second-order valence-corrected chi connectivity index (χ2v) is 10.1. The van der Waals surface area contributed by atoms with Gasteiger partial charge in [-0.2, -0.15) is 0 Å². The molecule has 5 rings (SSSR count). The molecule has 3 heterocycles. The molecule has 1 N–H and O–H groups in total. The number of pyridine rings is 1. The van der Waals surface area contributed by atoms with Crippen molar-refractivity contribution in [2.45, 2.75) is 65.2 Å². The van der Waals surface area contributed by atoms with E-state index < -0.39 is 0 Å². The second kappa shape index (κ2) is 9.06. The van der Waals surface area contributed by atoms with Crippen LogP contribution in [0.1, 0.15) is 65.4 Å². The zero-order valence-electron chi connectivity index (χ0n) is 19.4. The van der Waals surface area contributed by atoms with Crippen molar-refractivity contribution in [2.24, 2.45) is 0 Å². The summed E-state index contributed by atoms with van der Waals surface area (Å²) in [6.45, 7) is 6.25. The Kier molecular flexibility index (Phi) is 5.98. The molecule has 0 saturated heterocycles. The Morgan fingerprint density at radius 2 is 1.88 bits per heavy atom. The zero-order valence-corrected chi connectivity index (χ0v) is 20.2. The topological polar surface area (TPSA) is 72.2 Å². The minimum atomic E-state index is -0.102. The Labute approximate surface area is 198 Å². The number of rotatable bonds is 5. The third-order valence-electron chi connectivity index (χ3n) is 6.69. The van der Waals surface area contributed by atoms with Crippen LogP contribution < -0.4 is 5.32 Å². The average molecular weight is 460 g/mol. The Balaban J connectivity index is 1.43. The molecule has 1 aliphatic carbocycles. The van der Waals surface area contributed by atoms with Crippen LogP contribution >= 0.6 is 11.3 Å². The molecule has 4 aromatic rings. The maximum atomic E-state index is 13.1. The van der Waals surface area contributed by atoms with Gasteiger partial charge in [-0.15, -0.1) is 10.2 Å². The molecular weight excluding hydrogens is 430 g/mol. The number of nitrogens with zero attached hydrogens (tertiary/aromatic N) is 4. The molecule has 1 fully saturated rings. The Morgan fingerprint density at radius 1 is 1.06 bits per heavy atom. The van der Waals surface area contributed by atoms with Gasteiger partial charge in [0.2, 0.25) is 11.0 Å².